The Morgan fingerprint density at radius 1 is 1.12 bits per heavy atom. The van der Waals surface area contributed by atoms with Crippen LogP contribution in [-0.2, 0) is 4.79 Å². The van der Waals surface area contributed by atoms with Gasteiger partial charge in [-0.15, -0.1) is 0 Å². The SMILES string of the molecule is C=CC(=O)N[C@H]1CCCC1Nc1ncc2cc(-c3c(Cl)c(OC)cc(OC)c3Cl)ccc2n1. The van der Waals surface area contributed by atoms with Gasteiger partial charge in [0.25, 0.3) is 0 Å². The van der Waals surface area contributed by atoms with Crippen LogP contribution < -0.4 is 20.1 Å². The number of rotatable bonds is 7. The smallest absolute Gasteiger partial charge is 0.243 e. The molecule has 1 fully saturated rings. The summed E-state index contributed by atoms with van der Waals surface area (Å²) in [6.07, 6.45) is 5.88. The zero-order chi connectivity index (χ0) is 23.5. The first-order valence-electron chi connectivity index (χ1n) is 10.5. The molecular formula is C24H24Cl2N4O3. The average molecular weight is 487 g/mol. The number of nitrogens with one attached hydrogen (secondary N) is 2. The molecule has 2 atom stereocenters. The summed E-state index contributed by atoms with van der Waals surface area (Å²) < 4.78 is 10.8. The zero-order valence-corrected chi connectivity index (χ0v) is 19.8. The van der Waals surface area contributed by atoms with Crippen molar-refractivity contribution in [3.05, 3.63) is 53.2 Å². The summed E-state index contributed by atoms with van der Waals surface area (Å²) in [4.78, 5) is 20.8. The Morgan fingerprint density at radius 2 is 1.82 bits per heavy atom. The van der Waals surface area contributed by atoms with Crippen LogP contribution in [-0.4, -0.2) is 42.2 Å². The molecule has 1 aliphatic rings. The number of nitrogens with zero attached hydrogens (tertiary/aromatic N) is 2. The molecule has 3 aromatic rings. The monoisotopic (exact) mass is 486 g/mol. The first-order chi connectivity index (χ1) is 15.9. The maximum Gasteiger partial charge on any atom is 0.243 e. The lowest BCUT2D eigenvalue weighted by Crippen LogP contribution is -2.42. The second kappa shape index (κ2) is 9.85. The minimum absolute atomic E-state index is 0.0181. The highest BCUT2D eigenvalue weighted by molar-refractivity contribution is 6.41. The molecule has 33 heavy (non-hydrogen) atoms. The highest BCUT2D eigenvalue weighted by atomic mass is 35.5. The van der Waals surface area contributed by atoms with E-state index >= 15 is 0 Å². The van der Waals surface area contributed by atoms with Crippen molar-refractivity contribution in [3.63, 3.8) is 0 Å². The van der Waals surface area contributed by atoms with Crippen LogP contribution in [0.25, 0.3) is 22.0 Å². The Bertz CT molecular complexity index is 1190. The topological polar surface area (TPSA) is 85.4 Å². The van der Waals surface area contributed by atoms with E-state index in [1.807, 2.05) is 18.2 Å². The van der Waals surface area contributed by atoms with E-state index in [1.54, 1.807) is 26.5 Å². The van der Waals surface area contributed by atoms with Crippen molar-refractivity contribution in [2.75, 3.05) is 19.5 Å². The second-order valence-corrected chi connectivity index (χ2v) is 8.51. The van der Waals surface area contributed by atoms with Gasteiger partial charge in [-0.25, -0.2) is 9.97 Å². The van der Waals surface area contributed by atoms with Crippen LogP contribution in [0.3, 0.4) is 0 Å². The maximum absolute atomic E-state index is 11.7. The highest BCUT2D eigenvalue weighted by Gasteiger charge is 2.28. The van der Waals surface area contributed by atoms with Crippen molar-refractivity contribution < 1.29 is 14.3 Å². The van der Waals surface area contributed by atoms with Crippen molar-refractivity contribution >= 4 is 46.0 Å². The van der Waals surface area contributed by atoms with E-state index in [-0.39, 0.29) is 18.0 Å². The fourth-order valence-electron chi connectivity index (χ4n) is 4.11. The van der Waals surface area contributed by atoms with Crippen LogP contribution in [0.15, 0.2) is 43.1 Å². The molecule has 1 unspecified atom stereocenters. The molecule has 0 radical (unpaired) electrons. The first-order valence-corrected chi connectivity index (χ1v) is 11.3. The predicted molar refractivity (Wildman–Crippen MR) is 131 cm³/mol. The highest BCUT2D eigenvalue weighted by Crippen LogP contribution is 2.46. The van der Waals surface area contributed by atoms with Crippen LogP contribution in [0.1, 0.15) is 19.3 Å². The van der Waals surface area contributed by atoms with Crippen LogP contribution in [0.2, 0.25) is 10.0 Å². The number of methoxy groups -OCH3 is 2. The number of amides is 1. The van der Waals surface area contributed by atoms with Crippen molar-refractivity contribution in [1.82, 2.24) is 15.3 Å². The molecule has 4 rings (SSSR count). The van der Waals surface area contributed by atoms with Gasteiger partial charge in [0.2, 0.25) is 11.9 Å². The molecule has 1 aromatic heterocycles. The molecule has 1 aliphatic carbocycles. The minimum atomic E-state index is -0.174. The molecule has 0 saturated heterocycles. The third-order valence-corrected chi connectivity index (χ3v) is 6.54. The number of aromatic nitrogens is 2. The molecule has 0 bridgehead atoms. The molecule has 7 nitrogen and oxygen atoms in total. The van der Waals surface area contributed by atoms with Gasteiger partial charge in [0.15, 0.2) is 0 Å². The summed E-state index contributed by atoms with van der Waals surface area (Å²) >= 11 is 13.1. The Hall–Kier alpha value is -3.03. The fraction of sp³-hybridized carbons (Fsp3) is 0.292. The molecular weight excluding hydrogens is 463 g/mol. The number of hydrogen-bond donors (Lipinski definition) is 2. The molecule has 1 heterocycles. The van der Waals surface area contributed by atoms with E-state index in [0.717, 1.165) is 35.7 Å². The quantitative estimate of drug-likeness (QED) is 0.443. The molecule has 172 valence electrons. The molecule has 0 spiro atoms. The van der Waals surface area contributed by atoms with Crippen molar-refractivity contribution in [3.8, 4) is 22.6 Å². The van der Waals surface area contributed by atoms with Crippen LogP contribution >= 0.6 is 23.2 Å². The summed E-state index contributed by atoms with van der Waals surface area (Å²) in [6, 6.07) is 7.45. The second-order valence-electron chi connectivity index (χ2n) is 7.75. The Morgan fingerprint density at radius 3 is 2.48 bits per heavy atom. The van der Waals surface area contributed by atoms with Crippen LogP contribution in [0.4, 0.5) is 5.95 Å². The van der Waals surface area contributed by atoms with Gasteiger partial charge in [0, 0.05) is 35.3 Å². The number of carbonyl (C=O) groups excluding carboxylic acids is 1. The Balaban J connectivity index is 1.63. The zero-order valence-electron chi connectivity index (χ0n) is 18.3. The normalized spacial score (nSPS) is 17.6. The van der Waals surface area contributed by atoms with E-state index in [2.05, 4.69) is 27.2 Å². The molecule has 1 saturated carbocycles. The van der Waals surface area contributed by atoms with Crippen LogP contribution in [0.5, 0.6) is 11.5 Å². The number of halogens is 2. The van der Waals surface area contributed by atoms with E-state index in [9.17, 15) is 4.79 Å². The van der Waals surface area contributed by atoms with E-state index in [4.69, 9.17) is 32.7 Å². The number of fused-ring (bicyclic) bond motifs is 1. The van der Waals surface area contributed by atoms with Crippen molar-refractivity contribution in [1.29, 1.82) is 0 Å². The number of benzene rings is 2. The van der Waals surface area contributed by atoms with Gasteiger partial charge >= 0.3 is 0 Å². The third-order valence-electron chi connectivity index (χ3n) is 5.79. The van der Waals surface area contributed by atoms with Crippen molar-refractivity contribution in [2.45, 2.75) is 31.3 Å². The third kappa shape index (κ3) is 4.70. The average Bonchev–Trinajstić information content (AvgIpc) is 3.25. The van der Waals surface area contributed by atoms with Gasteiger partial charge in [0.1, 0.15) is 11.5 Å². The molecule has 0 aliphatic heterocycles. The lowest BCUT2D eigenvalue weighted by atomic mass is 10.0. The maximum atomic E-state index is 11.7. The van der Waals surface area contributed by atoms with E-state index < -0.39 is 0 Å². The number of carbonyl (C=O) groups is 1. The summed E-state index contributed by atoms with van der Waals surface area (Å²) in [5, 5.41) is 7.96. The Kier molecular flexibility index (Phi) is 6.91. The van der Waals surface area contributed by atoms with Crippen molar-refractivity contribution in [2.24, 2.45) is 0 Å². The summed E-state index contributed by atoms with van der Waals surface area (Å²) in [5.41, 5.74) is 2.18. The number of hydrogen-bond acceptors (Lipinski definition) is 6. The molecule has 1 amide bonds. The van der Waals surface area contributed by atoms with Gasteiger partial charge in [-0.1, -0.05) is 35.8 Å². The fourth-order valence-corrected chi connectivity index (χ4v) is 4.83. The first kappa shape index (κ1) is 23.1. The molecule has 2 aromatic carbocycles. The van der Waals surface area contributed by atoms with Gasteiger partial charge < -0.3 is 20.1 Å². The lowest BCUT2D eigenvalue weighted by molar-refractivity contribution is -0.117. The van der Waals surface area contributed by atoms with E-state index in [1.165, 1.54) is 6.08 Å². The van der Waals surface area contributed by atoms with Crippen LogP contribution in [0, 0.1) is 0 Å². The van der Waals surface area contributed by atoms with Gasteiger partial charge in [-0.05, 0) is 43.0 Å². The lowest BCUT2D eigenvalue weighted by Gasteiger charge is -2.21. The summed E-state index contributed by atoms with van der Waals surface area (Å²) in [6.45, 7) is 3.52. The largest absolute Gasteiger partial charge is 0.495 e. The predicted octanol–water partition coefficient (Wildman–Crippen LogP) is 5.26. The summed E-state index contributed by atoms with van der Waals surface area (Å²) in [7, 11) is 3.08. The van der Waals surface area contributed by atoms with Gasteiger partial charge in [-0.3, -0.25) is 4.79 Å². The molecule has 9 heteroatoms. The van der Waals surface area contributed by atoms with E-state index in [0.29, 0.717) is 33.1 Å². The Labute approximate surface area is 202 Å². The number of ether oxygens (including phenoxy) is 2. The minimum Gasteiger partial charge on any atom is -0.495 e. The number of anilines is 1. The molecule has 2 N–H and O–H groups in total. The standard InChI is InChI=1S/C24H24Cl2N4O3/c1-4-20(31)28-16-6-5-7-17(16)30-24-27-12-14-10-13(8-9-15(14)29-24)21-22(25)18(32-2)11-19(33-3)23(21)26/h4,8-12,16-17H,1,5-7H2,2-3H3,(H,28,31)(H,27,29,30)/t16-,17?/m0/s1. The summed E-state index contributed by atoms with van der Waals surface area (Å²) in [5.74, 6) is 1.28. The van der Waals surface area contributed by atoms with Gasteiger partial charge in [0.05, 0.1) is 29.8 Å². The van der Waals surface area contributed by atoms with Gasteiger partial charge in [-0.2, -0.15) is 0 Å².